The number of rotatable bonds is 2. The molecule has 26 heavy (non-hydrogen) atoms. The van der Waals surface area contributed by atoms with Crippen LogP contribution in [0.25, 0.3) is 11.1 Å². The Morgan fingerprint density at radius 3 is 2.65 bits per heavy atom. The van der Waals surface area contributed by atoms with E-state index in [0.717, 1.165) is 27.2 Å². The van der Waals surface area contributed by atoms with Crippen LogP contribution in [0.2, 0.25) is 10.0 Å². The molecule has 0 radical (unpaired) electrons. The second-order valence-corrected chi connectivity index (χ2v) is 9.52. The number of ether oxygens (including phenoxy) is 1. The van der Waals surface area contributed by atoms with Crippen LogP contribution < -0.4 is 14.7 Å². The zero-order valence-corrected chi connectivity index (χ0v) is 17.5. The Morgan fingerprint density at radius 2 is 1.88 bits per heavy atom. The van der Waals surface area contributed by atoms with Gasteiger partial charge in [0.1, 0.15) is 10.4 Å². The second-order valence-electron chi connectivity index (χ2n) is 6.54. The molecule has 0 bridgehead atoms. The van der Waals surface area contributed by atoms with E-state index >= 15 is 0 Å². The first-order valence-corrected chi connectivity index (χ1v) is 10.9. The highest BCUT2D eigenvalue weighted by Gasteiger charge is 2.33. The van der Waals surface area contributed by atoms with Gasteiger partial charge in [0.25, 0.3) is 0 Å². The monoisotopic (exact) mass is 422 g/mol. The summed E-state index contributed by atoms with van der Waals surface area (Å²) in [7, 11) is 5.06. The van der Waals surface area contributed by atoms with Crippen LogP contribution in [0.4, 0.5) is 11.4 Å². The molecule has 3 aromatic rings. The van der Waals surface area contributed by atoms with Gasteiger partial charge in [0.2, 0.25) is 0 Å². The fourth-order valence-electron chi connectivity index (χ4n) is 3.03. The average molecular weight is 423 g/mol. The lowest BCUT2D eigenvalue weighted by Crippen LogP contribution is -2.31. The van der Waals surface area contributed by atoms with Crippen molar-refractivity contribution >= 4 is 55.3 Å². The van der Waals surface area contributed by atoms with Gasteiger partial charge in [0.05, 0.1) is 28.2 Å². The fourth-order valence-corrected chi connectivity index (χ4v) is 6.29. The van der Waals surface area contributed by atoms with E-state index in [0.29, 0.717) is 15.7 Å². The average Bonchev–Trinajstić information content (AvgIpc) is 3.03. The smallest absolute Gasteiger partial charge is 0.135 e. The quantitative estimate of drug-likeness (QED) is 0.466. The lowest BCUT2D eigenvalue weighted by Gasteiger charge is -2.33. The summed E-state index contributed by atoms with van der Waals surface area (Å²) in [6, 6.07) is 11.4. The summed E-state index contributed by atoms with van der Waals surface area (Å²) >= 11 is 12.5. The fraction of sp³-hybridized carbons (Fsp3) is 0.211. The van der Waals surface area contributed by atoms with Crippen LogP contribution in [-0.2, 0) is 5.54 Å². The van der Waals surface area contributed by atoms with Gasteiger partial charge in [-0.1, -0.05) is 43.9 Å². The molecule has 0 aliphatic carbocycles. The van der Waals surface area contributed by atoms with Gasteiger partial charge in [-0.15, -0.1) is 0 Å². The highest BCUT2D eigenvalue weighted by atomic mass is 35.5. The Kier molecular flexibility index (Phi) is 4.51. The summed E-state index contributed by atoms with van der Waals surface area (Å²) < 4.78 is 6.36. The van der Waals surface area contributed by atoms with E-state index < -0.39 is 0 Å². The standard InChI is InChI=1S/C19H16Cl2N2OS2/c1-19(2)17-16(12-9-11(24-3)5-7-14(12)23-19)18(26-25-17)22-15-8-10(20)4-6-13(15)21/h4-9,23H,1-3H3. The first kappa shape index (κ1) is 17.9. The Bertz CT molecular complexity index is 1070. The highest BCUT2D eigenvalue weighted by Crippen LogP contribution is 2.46. The summed E-state index contributed by atoms with van der Waals surface area (Å²) in [5.74, 6) is 0.819. The highest BCUT2D eigenvalue weighted by molar-refractivity contribution is 7.68. The van der Waals surface area contributed by atoms with Crippen LogP contribution in [0.5, 0.6) is 5.75 Å². The molecule has 4 rings (SSSR count). The van der Waals surface area contributed by atoms with Crippen molar-refractivity contribution in [3.8, 4) is 16.9 Å². The zero-order valence-electron chi connectivity index (χ0n) is 14.4. The molecule has 0 atom stereocenters. The minimum absolute atomic E-state index is 0.177. The van der Waals surface area contributed by atoms with E-state index in [1.807, 2.05) is 6.07 Å². The van der Waals surface area contributed by atoms with E-state index in [1.165, 1.54) is 4.88 Å². The third-order valence-corrected chi connectivity index (χ3v) is 7.48. The number of benzene rings is 2. The number of methoxy groups -OCH3 is 1. The number of fused-ring (bicyclic) bond motifs is 3. The van der Waals surface area contributed by atoms with Crippen LogP contribution in [0.15, 0.2) is 41.4 Å². The van der Waals surface area contributed by atoms with Crippen molar-refractivity contribution in [1.29, 1.82) is 0 Å². The molecule has 1 aliphatic heterocycles. The molecular formula is C19H16Cl2N2OS2. The molecule has 3 nitrogen and oxygen atoms in total. The zero-order chi connectivity index (χ0) is 18.5. The van der Waals surface area contributed by atoms with Crippen molar-refractivity contribution in [1.82, 2.24) is 0 Å². The lowest BCUT2D eigenvalue weighted by atomic mass is 9.90. The number of nitrogens with one attached hydrogen (secondary N) is 1. The Hall–Kier alpha value is -1.53. The molecule has 134 valence electrons. The number of halogens is 2. The predicted molar refractivity (Wildman–Crippen MR) is 113 cm³/mol. The van der Waals surface area contributed by atoms with Crippen LogP contribution in [-0.4, -0.2) is 7.11 Å². The molecule has 0 saturated heterocycles. The molecule has 1 N–H and O–H groups in total. The lowest BCUT2D eigenvalue weighted by molar-refractivity contribution is 0.415. The number of hydrogen-bond acceptors (Lipinski definition) is 5. The molecule has 7 heteroatoms. The molecule has 1 aliphatic rings. The molecule has 0 spiro atoms. The van der Waals surface area contributed by atoms with Gasteiger partial charge in [-0.3, -0.25) is 0 Å². The summed E-state index contributed by atoms with van der Waals surface area (Å²) in [6.45, 7) is 4.36. The van der Waals surface area contributed by atoms with Crippen LogP contribution in [0.1, 0.15) is 18.7 Å². The topological polar surface area (TPSA) is 33.6 Å². The van der Waals surface area contributed by atoms with Crippen molar-refractivity contribution in [3.05, 3.63) is 56.0 Å². The van der Waals surface area contributed by atoms with E-state index in [-0.39, 0.29) is 5.54 Å². The third kappa shape index (κ3) is 3.03. The van der Waals surface area contributed by atoms with E-state index in [2.05, 4.69) is 31.3 Å². The normalized spacial score (nSPS) is 15.2. The second kappa shape index (κ2) is 6.57. The van der Waals surface area contributed by atoms with Gasteiger partial charge in [-0.2, -0.15) is 0 Å². The predicted octanol–water partition coefficient (Wildman–Crippen LogP) is 6.69. The minimum atomic E-state index is -0.177. The SMILES string of the molecule is COc1ccc2c(c1)-c1c(ssc1=Nc1cc(Cl)ccc1Cl)C(C)(C)N2. The van der Waals surface area contributed by atoms with Gasteiger partial charge in [0, 0.05) is 21.8 Å². The van der Waals surface area contributed by atoms with Gasteiger partial charge in [0.15, 0.2) is 0 Å². The van der Waals surface area contributed by atoms with Crippen molar-refractivity contribution in [2.24, 2.45) is 4.99 Å². The van der Waals surface area contributed by atoms with Crippen LogP contribution >= 0.6 is 43.9 Å². The molecule has 1 aromatic heterocycles. The Labute approximate surface area is 169 Å². The van der Waals surface area contributed by atoms with E-state index in [1.54, 1.807) is 46.0 Å². The van der Waals surface area contributed by atoms with E-state index in [9.17, 15) is 0 Å². The Balaban J connectivity index is 2.00. The summed E-state index contributed by atoms with van der Waals surface area (Å²) in [4.78, 5) is 6.09. The summed E-state index contributed by atoms with van der Waals surface area (Å²) in [6.07, 6.45) is 0. The summed E-state index contributed by atoms with van der Waals surface area (Å²) in [5, 5.41) is 4.81. The number of anilines is 1. The van der Waals surface area contributed by atoms with Gasteiger partial charge in [-0.25, -0.2) is 4.99 Å². The number of nitrogens with zero attached hydrogens (tertiary/aromatic N) is 1. The van der Waals surface area contributed by atoms with Gasteiger partial charge in [-0.05, 0) is 50.2 Å². The van der Waals surface area contributed by atoms with Crippen molar-refractivity contribution < 1.29 is 4.74 Å². The number of hydrogen-bond donors (Lipinski definition) is 1. The van der Waals surface area contributed by atoms with Crippen LogP contribution in [0.3, 0.4) is 0 Å². The van der Waals surface area contributed by atoms with Gasteiger partial charge >= 0.3 is 0 Å². The molecule has 0 amide bonds. The molecule has 2 heterocycles. The maximum Gasteiger partial charge on any atom is 0.135 e. The van der Waals surface area contributed by atoms with E-state index in [4.69, 9.17) is 32.9 Å². The minimum Gasteiger partial charge on any atom is -0.497 e. The maximum atomic E-state index is 6.32. The van der Waals surface area contributed by atoms with Crippen LogP contribution in [0, 0.1) is 0 Å². The summed E-state index contributed by atoms with van der Waals surface area (Å²) in [5.41, 5.74) is 3.80. The molecule has 0 unspecified atom stereocenters. The molecule has 2 aromatic carbocycles. The van der Waals surface area contributed by atoms with Crippen molar-refractivity contribution in [2.45, 2.75) is 19.4 Å². The first-order chi connectivity index (χ1) is 12.4. The first-order valence-electron chi connectivity index (χ1n) is 7.99. The largest absolute Gasteiger partial charge is 0.497 e. The molecule has 0 saturated carbocycles. The van der Waals surface area contributed by atoms with Gasteiger partial charge < -0.3 is 10.1 Å². The molecule has 0 fully saturated rings. The maximum absolute atomic E-state index is 6.32. The molecular weight excluding hydrogens is 407 g/mol. The Morgan fingerprint density at radius 1 is 1.08 bits per heavy atom. The third-order valence-electron chi connectivity index (χ3n) is 4.29. The van der Waals surface area contributed by atoms with Crippen molar-refractivity contribution in [2.75, 3.05) is 12.4 Å². The van der Waals surface area contributed by atoms with Crippen molar-refractivity contribution in [3.63, 3.8) is 0 Å².